The maximum atomic E-state index is 11.1. The Bertz CT molecular complexity index is 699. The largest absolute Gasteiger partial charge is 0.424 e. The van der Waals surface area contributed by atoms with Gasteiger partial charge in [0.25, 0.3) is 0 Å². The summed E-state index contributed by atoms with van der Waals surface area (Å²) in [6.07, 6.45) is 0. The summed E-state index contributed by atoms with van der Waals surface area (Å²) in [4.78, 5) is 11.1. The molecule has 1 nitrogen and oxygen atoms in total. The summed E-state index contributed by atoms with van der Waals surface area (Å²) in [6.45, 7) is 1.99. The maximum Gasteiger partial charge on any atom is 0.250 e. The van der Waals surface area contributed by atoms with Crippen molar-refractivity contribution in [3.8, 4) is 0 Å². The summed E-state index contributed by atoms with van der Waals surface area (Å²) in [5, 5.41) is 4.47. The number of hydrogen-bond acceptors (Lipinski definition) is 1. The van der Waals surface area contributed by atoms with Crippen molar-refractivity contribution in [1.82, 2.24) is 0 Å². The van der Waals surface area contributed by atoms with E-state index in [2.05, 4.69) is 24.3 Å². The van der Waals surface area contributed by atoms with Gasteiger partial charge in [0.1, 0.15) is 0 Å². The van der Waals surface area contributed by atoms with E-state index >= 15 is 0 Å². The molecule has 3 aromatic carbocycles. The molecule has 94 valence electrons. The monoisotopic (exact) mass is 264 g/mol. The first-order valence-electron chi connectivity index (χ1n) is 6.46. The zero-order valence-corrected chi connectivity index (χ0v) is 11.9. The molecule has 0 saturated heterocycles. The fraction of sp³-hybridized carbons (Fsp3) is 0.0588. The van der Waals surface area contributed by atoms with Crippen molar-refractivity contribution in [2.75, 3.05) is 0 Å². The highest BCUT2D eigenvalue weighted by Crippen LogP contribution is 2.14. The minimum atomic E-state index is -2.62. The Labute approximate surface area is 114 Å². The molecule has 0 aliphatic heterocycles. The van der Waals surface area contributed by atoms with Crippen molar-refractivity contribution in [1.29, 1.82) is 0 Å². The molecule has 1 N–H and O–H groups in total. The minimum absolute atomic E-state index is 1.05. The van der Waals surface area contributed by atoms with Gasteiger partial charge in [0.15, 0.2) is 0 Å². The maximum absolute atomic E-state index is 11.1. The third-order valence-corrected chi connectivity index (χ3v) is 6.59. The van der Waals surface area contributed by atoms with E-state index in [0.29, 0.717) is 0 Å². The molecule has 1 unspecified atom stereocenters. The molecule has 0 amide bonds. The van der Waals surface area contributed by atoms with Crippen LogP contribution >= 0.6 is 0 Å². The molecule has 19 heavy (non-hydrogen) atoms. The first kappa shape index (κ1) is 12.1. The van der Waals surface area contributed by atoms with Crippen LogP contribution in [-0.2, 0) is 0 Å². The molecule has 0 aliphatic rings. The van der Waals surface area contributed by atoms with Crippen LogP contribution in [0.1, 0.15) is 0 Å². The second-order valence-electron chi connectivity index (χ2n) is 4.96. The van der Waals surface area contributed by atoms with Gasteiger partial charge in [0.2, 0.25) is 8.32 Å². The van der Waals surface area contributed by atoms with Crippen LogP contribution in [0, 0.1) is 0 Å². The van der Waals surface area contributed by atoms with Crippen molar-refractivity contribution in [3.63, 3.8) is 0 Å². The average Bonchev–Trinajstić information content (AvgIpc) is 2.47. The lowest BCUT2D eigenvalue weighted by molar-refractivity contribution is 0.576. The van der Waals surface area contributed by atoms with E-state index < -0.39 is 8.32 Å². The van der Waals surface area contributed by atoms with Crippen LogP contribution in [0.15, 0.2) is 72.8 Å². The van der Waals surface area contributed by atoms with Crippen LogP contribution in [0.25, 0.3) is 10.8 Å². The van der Waals surface area contributed by atoms with E-state index in [1.165, 1.54) is 5.39 Å². The van der Waals surface area contributed by atoms with Crippen LogP contribution in [0.5, 0.6) is 0 Å². The van der Waals surface area contributed by atoms with Gasteiger partial charge in [0, 0.05) is 0 Å². The van der Waals surface area contributed by atoms with Gasteiger partial charge in [-0.2, -0.15) is 0 Å². The molecule has 0 saturated carbocycles. The van der Waals surface area contributed by atoms with E-state index in [0.717, 1.165) is 15.8 Å². The Morgan fingerprint density at radius 2 is 1.37 bits per heavy atom. The first-order chi connectivity index (χ1) is 9.19. The molecule has 0 fully saturated rings. The number of hydrogen-bond donors (Lipinski definition) is 1. The van der Waals surface area contributed by atoms with Crippen LogP contribution in [0.3, 0.4) is 0 Å². The Balaban J connectivity index is 2.24. The Morgan fingerprint density at radius 1 is 0.737 bits per heavy atom. The zero-order chi connectivity index (χ0) is 13.3. The van der Waals surface area contributed by atoms with Gasteiger partial charge < -0.3 is 4.80 Å². The van der Waals surface area contributed by atoms with Gasteiger partial charge in [-0.3, -0.25) is 0 Å². The molecule has 0 spiro atoms. The van der Waals surface area contributed by atoms with Crippen molar-refractivity contribution >= 4 is 29.5 Å². The molecule has 2 heteroatoms. The Hall–Kier alpha value is -1.90. The third kappa shape index (κ3) is 2.09. The van der Waals surface area contributed by atoms with Crippen molar-refractivity contribution in [2.45, 2.75) is 6.55 Å². The van der Waals surface area contributed by atoms with Gasteiger partial charge in [-0.15, -0.1) is 0 Å². The molecule has 0 aliphatic carbocycles. The van der Waals surface area contributed by atoms with Gasteiger partial charge in [-0.1, -0.05) is 72.8 Å². The topological polar surface area (TPSA) is 20.2 Å². The predicted molar refractivity (Wildman–Crippen MR) is 83.5 cm³/mol. The van der Waals surface area contributed by atoms with E-state index in [-0.39, 0.29) is 0 Å². The fourth-order valence-corrected chi connectivity index (χ4v) is 4.89. The van der Waals surface area contributed by atoms with Crippen LogP contribution in [0.2, 0.25) is 6.55 Å². The molecule has 3 rings (SSSR count). The second-order valence-corrected chi connectivity index (χ2v) is 8.23. The zero-order valence-electron chi connectivity index (χ0n) is 10.9. The number of rotatable bonds is 2. The smallest absolute Gasteiger partial charge is 0.250 e. The first-order valence-corrected chi connectivity index (χ1v) is 8.90. The normalized spacial score (nSPS) is 14.2. The second kappa shape index (κ2) is 4.65. The molecule has 0 aromatic heterocycles. The van der Waals surface area contributed by atoms with Crippen LogP contribution in [-0.4, -0.2) is 13.1 Å². The summed E-state index contributed by atoms with van der Waals surface area (Å²) < 4.78 is 0. The van der Waals surface area contributed by atoms with Crippen molar-refractivity contribution in [3.05, 3.63) is 72.8 Å². The van der Waals surface area contributed by atoms with E-state index in [1.807, 2.05) is 55.1 Å². The predicted octanol–water partition coefficient (Wildman–Crippen LogP) is 2.52. The SMILES string of the molecule is C[Si](O)(c1ccccc1)c1cccc2ccccc12. The molecule has 1 atom stereocenters. The highest BCUT2D eigenvalue weighted by atomic mass is 28.4. The van der Waals surface area contributed by atoms with Gasteiger partial charge in [-0.25, -0.2) is 0 Å². The Morgan fingerprint density at radius 3 is 2.16 bits per heavy atom. The lowest BCUT2D eigenvalue weighted by atomic mass is 10.1. The highest BCUT2D eigenvalue weighted by Gasteiger charge is 2.31. The molecule has 0 radical (unpaired) electrons. The summed E-state index contributed by atoms with van der Waals surface area (Å²) in [5.41, 5.74) is 0. The molecular weight excluding hydrogens is 248 g/mol. The lowest BCUT2D eigenvalue weighted by Gasteiger charge is -2.23. The molecule has 0 bridgehead atoms. The quantitative estimate of drug-likeness (QED) is 0.705. The van der Waals surface area contributed by atoms with Gasteiger partial charge in [0.05, 0.1) is 0 Å². The van der Waals surface area contributed by atoms with Gasteiger partial charge in [-0.05, 0) is 27.7 Å². The summed E-state index contributed by atoms with van der Waals surface area (Å²) in [5.74, 6) is 0. The van der Waals surface area contributed by atoms with Gasteiger partial charge >= 0.3 is 0 Å². The van der Waals surface area contributed by atoms with Crippen molar-refractivity contribution < 1.29 is 4.80 Å². The van der Waals surface area contributed by atoms with E-state index in [1.54, 1.807) is 0 Å². The van der Waals surface area contributed by atoms with Crippen LogP contribution in [0.4, 0.5) is 0 Å². The summed E-state index contributed by atoms with van der Waals surface area (Å²) in [6, 6.07) is 24.4. The van der Waals surface area contributed by atoms with Crippen LogP contribution < -0.4 is 10.4 Å². The molecule has 3 aromatic rings. The molecule has 0 heterocycles. The van der Waals surface area contributed by atoms with Crippen molar-refractivity contribution in [2.24, 2.45) is 0 Å². The lowest BCUT2D eigenvalue weighted by Crippen LogP contribution is -2.56. The molecular formula is C17H16OSi. The van der Waals surface area contributed by atoms with E-state index in [4.69, 9.17) is 0 Å². The highest BCUT2D eigenvalue weighted by molar-refractivity contribution is 6.96. The Kier molecular flexibility index (Phi) is 2.97. The average molecular weight is 264 g/mol. The third-order valence-electron chi connectivity index (χ3n) is 3.65. The minimum Gasteiger partial charge on any atom is -0.424 e. The fourth-order valence-electron chi connectivity index (χ4n) is 2.57. The number of benzene rings is 3. The van der Waals surface area contributed by atoms with E-state index in [9.17, 15) is 4.80 Å². The summed E-state index contributed by atoms with van der Waals surface area (Å²) >= 11 is 0. The number of fused-ring (bicyclic) bond motifs is 1. The summed E-state index contributed by atoms with van der Waals surface area (Å²) in [7, 11) is -2.62. The standard InChI is InChI=1S/C17H16OSi/c1-19(18,15-10-3-2-4-11-15)17-13-7-9-14-8-5-6-12-16(14)17/h2-13,18H,1H3.